The van der Waals surface area contributed by atoms with Crippen LogP contribution in [0, 0.1) is 10.1 Å². The average Bonchev–Trinajstić information content (AvgIpc) is 3.33. The summed E-state index contributed by atoms with van der Waals surface area (Å²) in [6.45, 7) is 0. The van der Waals surface area contributed by atoms with E-state index >= 15 is 0 Å². The Morgan fingerprint density at radius 3 is 2.39 bits per heavy atom. The highest BCUT2D eigenvalue weighted by atomic mass is 16.6. The number of rotatable bonds is 6. The SMILES string of the molecule is O=C(Nc1cccc(C(=O)c2ccccc2)c1)c1ccc(-n2cncn2)c([N+](=O)[O-])c1. The molecule has 0 aliphatic rings. The van der Waals surface area contributed by atoms with E-state index in [0.717, 1.165) is 0 Å². The zero-order valence-corrected chi connectivity index (χ0v) is 16.0. The second-order valence-electron chi connectivity index (χ2n) is 6.53. The van der Waals surface area contributed by atoms with E-state index in [1.54, 1.807) is 48.5 Å². The van der Waals surface area contributed by atoms with Gasteiger partial charge in [-0.1, -0.05) is 42.5 Å². The molecule has 4 aromatic rings. The molecule has 1 heterocycles. The molecule has 0 saturated carbocycles. The van der Waals surface area contributed by atoms with Gasteiger partial charge in [0.1, 0.15) is 18.3 Å². The van der Waals surface area contributed by atoms with E-state index in [0.29, 0.717) is 16.8 Å². The van der Waals surface area contributed by atoms with Crippen LogP contribution in [0.1, 0.15) is 26.3 Å². The van der Waals surface area contributed by atoms with E-state index in [1.807, 2.05) is 6.07 Å². The Labute approximate surface area is 176 Å². The Morgan fingerprint density at radius 2 is 1.68 bits per heavy atom. The molecule has 152 valence electrons. The smallest absolute Gasteiger partial charge is 0.295 e. The Bertz CT molecular complexity index is 1270. The largest absolute Gasteiger partial charge is 0.322 e. The Hall–Kier alpha value is -4.66. The number of ketones is 1. The number of aromatic nitrogens is 3. The molecule has 3 aromatic carbocycles. The summed E-state index contributed by atoms with van der Waals surface area (Å²) in [5, 5.41) is 18.0. The molecule has 1 aromatic heterocycles. The van der Waals surface area contributed by atoms with Crippen molar-refractivity contribution >= 4 is 23.1 Å². The maximum absolute atomic E-state index is 12.7. The Morgan fingerprint density at radius 1 is 0.903 bits per heavy atom. The third-order valence-electron chi connectivity index (χ3n) is 4.52. The Balaban J connectivity index is 1.58. The van der Waals surface area contributed by atoms with Gasteiger partial charge in [-0.2, -0.15) is 5.10 Å². The van der Waals surface area contributed by atoms with Crippen LogP contribution in [-0.2, 0) is 0 Å². The zero-order chi connectivity index (χ0) is 21.8. The first-order chi connectivity index (χ1) is 15.0. The van der Waals surface area contributed by atoms with E-state index in [1.165, 1.54) is 35.5 Å². The van der Waals surface area contributed by atoms with Gasteiger partial charge in [0, 0.05) is 28.4 Å². The van der Waals surface area contributed by atoms with Crippen LogP contribution in [0.25, 0.3) is 5.69 Å². The number of carbonyl (C=O) groups excluding carboxylic acids is 2. The molecule has 0 aliphatic heterocycles. The standard InChI is InChI=1S/C22H15N5O4/c28-21(15-5-2-1-3-6-15)16-7-4-8-18(11-16)25-22(29)17-9-10-19(20(12-17)27(30)31)26-14-23-13-24-26/h1-14H,(H,25,29). The topological polar surface area (TPSA) is 120 Å². The summed E-state index contributed by atoms with van der Waals surface area (Å²) in [7, 11) is 0. The fraction of sp³-hybridized carbons (Fsp3) is 0. The van der Waals surface area contributed by atoms with Gasteiger partial charge < -0.3 is 5.32 Å². The highest BCUT2D eigenvalue weighted by Crippen LogP contribution is 2.24. The zero-order valence-electron chi connectivity index (χ0n) is 16.0. The van der Waals surface area contributed by atoms with Crippen molar-refractivity contribution in [3.63, 3.8) is 0 Å². The number of amides is 1. The van der Waals surface area contributed by atoms with Gasteiger partial charge in [-0.25, -0.2) is 9.67 Å². The van der Waals surface area contributed by atoms with Gasteiger partial charge in [0.2, 0.25) is 0 Å². The van der Waals surface area contributed by atoms with Crippen molar-refractivity contribution in [2.75, 3.05) is 5.32 Å². The highest BCUT2D eigenvalue weighted by Gasteiger charge is 2.20. The summed E-state index contributed by atoms with van der Waals surface area (Å²) in [6.07, 6.45) is 2.59. The van der Waals surface area contributed by atoms with E-state index < -0.39 is 10.8 Å². The second kappa shape index (κ2) is 8.37. The predicted molar refractivity (Wildman–Crippen MR) is 112 cm³/mol. The van der Waals surface area contributed by atoms with Crippen molar-refractivity contribution in [2.24, 2.45) is 0 Å². The number of hydrogen-bond acceptors (Lipinski definition) is 6. The normalized spacial score (nSPS) is 10.5. The molecule has 0 unspecified atom stereocenters. The van der Waals surface area contributed by atoms with Gasteiger partial charge in [0.05, 0.1) is 4.92 Å². The van der Waals surface area contributed by atoms with Crippen molar-refractivity contribution in [1.29, 1.82) is 0 Å². The number of nitro groups is 1. The van der Waals surface area contributed by atoms with Crippen molar-refractivity contribution in [1.82, 2.24) is 14.8 Å². The molecule has 0 saturated heterocycles. The molecule has 1 N–H and O–H groups in total. The van der Waals surface area contributed by atoms with Gasteiger partial charge >= 0.3 is 0 Å². The summed E-state index contributed by atoms with van der Waals surface area (Å²) >= 11 is 0. The lowest BCUT2D eigenvalue weighted by molar-refractivity contribution is -0.384. The van der Waals surface area contributed by atoms with Crippen LogP contribution in [0.4, 0.5) is 11.4 Å². The first kappa shape index (κ1) is 19.6. The third-order valence-corrected chi connectivity index (χ3v) is 4.52. The lowest BCUT2D eigenvalue weighted by atomic mass is 10.0. The number of nitro benzene ring substituents is 1. The lowest BCUT2D eigenvalue weighted by Crippen LogP contribution is -2.13. The van der Waals surface area contributed by atoms with E-state index in [-0.39, 0.29) is 22.7 Å². The van der Waals surface area contributed by atoms with Gasteiger partial charge in [0.15, 0.2) is 5.78 Å². The maximum Gasteiger partial charge on any atom is 0.295 e. The van der Waals surface area contributed by atoms with Crippen LogP contribution in [-0.4, -0.2) is 31.4 Å². The van der Waals surface area contributed by atoms with Crippen molar-refractivity contribution in [3.05, 3.63) is 112 Å². The molecule has 0 bridgehead atoms. The highest BCUT2D eigenvalue weighted by molar-refractivity contribution is 6.10. The summed E-state index contributed by atoms with van der Waals surface area (Å²) in [5.74, 6) is -0.720. The average molecular weight is 413 g/mol. The minimum Gasteiger partial charge on any atom is -0.322 e. The molecule has 0 spiro atoms. The number of nitrogens with zero attached hydrogens (tertiary/aromatic N) is 4. The van der Waals surface area contributed by atoms with Crippen LogP contribution < -0.4 is 5.32 Å². The molecule has 0 aliphatic carbocycles. The first-order valence-corrected chi connectivity index (χ1v) is 9.17. The molecule has 1 amide bonds. The third kappa shape index (κ3) is 4.20. The van der Waals surface area contributed by atoms with Crippen LogP contribution >= 0.6 is 0 Å². The minimum absolute atomic E-state index is 0.0929. The van der Waals surface area contributed by atoms with Crippen molar-refractivity contribution in [2.45, 2.75) is 0 Å². The number of carbonyl (C=O) groups is 2. The number of benzene rings is 3. The molecular formula is C22H15N5O4. The monoisotopic (exact) mass is 413 g/mol. The van der Waals surface area contributed by atoms with Crippen molar-refractivity contribution < 1.29 is 14.5 Å². The van der Waals surface area contributed by atoms with Gasteiger partial charge in [-0.05, 0) is 24.3 Å². The lowest BCUT2D eigenvalue weighted by Gasteiger charge is -2.09. The van der Waals surface area contributed by atoms with Crippen LogP contribution in [0.2, 0.25) is 0 Å². The molecule has 4 rings (SSSR count). The van der Waals surface area contributed by atoms with E-state index in [4.69, 9.17) is 0 Å². The van der Waals surface area contributed by atoms with Gasteiger partial charge in [-0.15, -0.1) is 0 Å². The number of nitrogens with one attached hydrogen (secondary N) is 1. The molecule has 31 heavy (non-hydrogen) atoms. The number of anilines is 1. The van der Waals surface area contributed by atoms with E-state index in [2.05, 4.69) is 15.4 Å². The molecule has 0 radical (unpaired) electrons. The molecule has 0 fully saturated rings. The van der Waals surface area contributed by atoms with Crippen LogP contribution in [0.5, 0.6) is 0 Å². The van der Waals surface area contributed by atoms with Crippen LogP contribution in [0.15, 0.2) is 85.5 Å². The van der Waals surface area contributed by atoms with Crippen molar-refractivity contribution in [3.8, 4) is 5.69 Å². The summed E-state index contributed by atoms with van der Waals surface area (Å²) in [5.41, 5.74) is 1.34. The number of hydrogen-bond donors (Lipinski definition) is 1. The second-order valence-corrected chi connectivity index (χ2v) is 6.53. The van der Waals surface area contributed by atoms with Crippen LogP contribution in [0.3, 0.4) is 0 Å². The molecular weight excluding hydrogens is 398 g/mol. The summed E-state index contributed by atoms with van der Waals surface area (Å²) in [4.78, 5) is 40.0. The van der Waals surface area contributed by atoms with E-state index in [9.17, 15) is 19.7 Å². The minimum atomic E-state index is -0.590. The Kier molecular flexibility index (Phi) is 5.31. The quantitative estimate of drug-likeness (QED) is 0.293. The molecule has 9 nitrogen and oxygen atoms in total. The molecule has 0 atom stereocenters. The maximum atomic E-state index is 12.7. The fourth-order valence-electron chi connectivity index (χ4n) is 3.03. The van der Waals surface area contributed by atoms with Gasteiger partial charge in [0.25, 0.3) is 11.6 Å². The first-order valence-electron chi connectivity index (χ1n) is 9.17. The summed E-state index contributed by atoms with van der Waals surface area (Å²) in [6, 6.07) is 19.4. The van der Waals surface area contributed by atoms with Gasteiger partial charge in [-0.3, -0.25) is 19.7 Å². The fourth-order valence-corrected chi connectivity index (χ4v) is 3.03. The molecule has 9 heteroatoms. The summed E-state index contributed by atoms with van der Waals surface area (Å²) < 4.78 is 1.25. The predicted octanol–water partition coefficient (Wildman–Crippen LogP) is 3.66.